The molecule has 0 saturated heterocycles. The average molecular weight is 393 g/mol. The molecule has 7 heteroatoms. The molecule has 0 spiro atoms. The minimum Gasteiger partial charge on any atom is -0.496 e. The Bertz CT molecular complexity index is 1060. The van der Waals surface area contributed by atoms with Crippen LogP contribution in [0.25, 0.3) is 10.9 Å². The van der Waals surface area contributed by atoms with Gasteiger partial charge in [-0.1, -0.05) is 12.1 Å². The Morgan fingerprint density at radius 3 is 2.97 bits per heavy atom. The molecule has 2 amide bonds. The Kier molecular flexibility index (Phi) is 5.37. The van der Waals surface area contributed by atoms with Gasteiger partial charge in [-0.2, -0.15) is 0 Å². The number of nitrogens with zero attached hydrogens (tertiary/aromatic N) is 1. The van der Waals surface area contributed by atoms with Crippen molar-refractivity contribution in [2.45, 2.75) is 19.4 Å². The lowest BCUT2D eigenvalue weighted by Gasteiger charge is -2.17. The van der Waals surface area contributed by atoms with Gasteiger partial charge in [0.1, 0.15) is 11.5 Å². The standard InChI is InChI=1S/C22H23N3O4/c1-28-20-4-2-3-19-17(20)9-11-25(19)12-10-23-22(27)14-29-16-7-5-15-6-8-21(26)24-18(15)13-16/h2-5,7,9,11,13H,6,8,10,12,14H2,1H3,(H,23,27)(H,24,26). The molecule has 7 nitrogen and oxygen atoms in total. The molecule has 0 bridgehead atoms. The maximum Gasteiger partial charge on any atom is 0.258 e. The fourth-order valence-electron chi connectivity index (χ4n) is 3.52. The van der Waals surface area contributed by atoms with Crippen LogP contribution in [0.15, 0.2) is 48.7 Å². The molecule has 2 N–H and O–H groups in total. The molecule has 1 aliphatic heterocycles. The van der Waals surface area contributed by atoms with E-state index in [1.165, 1.54) is 0 Å². The lowest BCUT2D eigenvalue weighted by Crippen LogP contribution is -2.31. The quantitative estimate of drug-likeness (QED) is 0.647. The summed E-state index contributed by atoms with van der Waals surface area (Å²) in [6.07, 6.45) is 3.21. The Morgan fingerprint density at radius 2 is 2.10 bits per heavy atom. The zero-order valence-electron chi connectivity index (χ0n) is 16.2. The van der Waals surface area contributed by atoms with Crippen LogP contribution in [0, 0.1) is 0 Å². The first-order valence-electron chi connectivity index (χ1n) is 9.58. The van der Waals surface area contributed by atoms with Crippen LogP contribution in [0.1, 0.15) is 12.0 Å². The number of nitrogens with one attached hydrogen (secondary N) is 2. The predicted molar refractivity (Wildman–Crippen MR) is 110 cm³/mol. The summed E-state index contributed by atoms with van der Waals surface area (Å²) in [5.41, 5.74) is 2.90. The first-order chi connectivity index (χ1) is 14.1. The van der Waals surface area contributed by atoms with Gasteiger partial charge in [-0.3, -0.25) is 9.59 Å². The molecule has 2 heterocycles. The Balaban J connectivity index is 1.28. The van der Waals surface area contributed by atoms with Crippen molar-refractivity contribution >= 4 is 28.4 Å². The van der Waals surface area contributed by atoms with E-state index in [9.17, 15) is 9.59 Å². The summed E-state index contributed by atoms with van der Waals surface area (Å²) >= 11 is 0. The second-order valence-electron chi connectivity index (χ2n) is 6.91. The number of anilines is 1. The number of hydrogen-bond donors (Lipinski definition) is 2. The molecule has 1 aromatic heterocycles. The van der Waals surface area contributed by atoms with Crippen molar-refractivity contribution in [1.29, 1.82) is 0 Å². The van der Waals surface area contributed by atoms with E-state index >= 15 is 0 Å². The van der Waals surface area contributed by atoms with Gasteiger partial charge in [0.25, 0.3) is 5.91 Å². The number of amides is 2. The van der Waals surface area contributed by atoms with E-state index in [0.717, 1.165) is 34.3 Å². The van der Waals surface area contributed by atoms with Crippen molar-refractivity contribution in [1.82, 2.24) is 9.88 Å². The van der Waals surface area contributed by atoms with Crippen LogP contribution in [-0.2, 0) is 22.6 Å². The lowest BCUT2D eigenvalue weighted by atomic mass is 10.0. The van der Waals surface area contributed by atoms with Crippen LogP contribution >= 0.6 is 0 Å². The first-order valence-corrected chi connectivity index (χ1v) is 9.58. The number of carbonyl (C=O) groups excluding carboxylic acids is 2. The van der Waals surface area contributed by atoms with Gasteiger partial charge >= 0.3 is 0 Å². The number of methoxy groups -OCH3 is 1. The summed E-state index contributed by atoms with van der Waals surface area (Å²) in [6.45, 7) is 1.06. The fraction of sp³-hybridized carbons (Fsp3) is 0.273. The van der Waals surface area contributed by atoms with Gasteiger partial charge in [-0.15, -0.1) is 0 Å². The number of hydrogen-bond acceptors (Lipinski definition) is 4. The van der Waals surface area contributed by atoms with Crippen LogP contribution in [0.2, 0.25) is 0 Å². The van der Waals surface area contributed by atoms with Gasteiger partial charge in [0.05, 0.1) is 12.6 Å². The number of fused-ring (bicyclic) bond motifs is 2. The second kappa shape index (κ2) is 8.26. The SMILES string of the molecule is COc1cccc2c1ccn2CCNC(=O)COc1ccc2c(c1)NC(=O)CC2. The van der Waals surface area contributed by atoms with E-state index in [2.05, 4.69) is 15.2 Å². The van der Waals surface area contributed by atoms with Crippen molar-refractivity contribution in [2.24, 2.45) is 0 Å². The van der Waals surface area contributed by atoms with E-state index in [-0.39, 0.29) is 18.4 Å². The third kappa shape index (κ3) is 4.18. The predicted octanol–water partition coefficient (Wildman–Crippen LogP) is 2.73. The summed E-state index contributed by atoms with van der Waals surface area (Å²) < 4.78 is 13.0. The molecule has 150 valence electrons. The highest BCUT2D eigenvalue weighted by Gasteiger charge is 2.15. The lowest BCUT2D eigenvalue weighted by molar-refractivity contribution is -0.123. The molecular weight excluding hydrogens is 370 g/mol. The van der Waals surface area contributed by atoms with Crippen LogP contribution in [0.5, 0.6) is 11.5 Å². The van der Waals surface area contributed by atoms with Gasteiger partial charge in [0.2, 0.25) is 5.91 Å². The Hall–Kier alpha value is -3.48. The van der Waals surface area contributed by atoms with Crippen molar-refractivity contribution < 1.29 is 19.1 Å². The summed E-state index contributed by atoms with van der Waals surface area (Å²) in [5, 5.41) is 6.74. The molecule has 0 fully saturated rings. The van der Waals surface area contributed by atoms with Crippen LogP contribution in [0.3, 0.4) is 0 Å². The molecule has 0 aliphatic carbocycles. The smallest absolute Gasteiger partial charge is 0.258 e. The van der Waals surface area contributed by atoms with Crippen LogP contribution in [-0.4, -0.2) is 36.6 Å². The highest BCUT2D eigenvalue weighted by molar-refractivity contribution is 5.94. The van der Waals surface area contributed by atoms with Gasteiger partial charge in [0, 0.05) is 42.8 Å². The number of ether oxygens (including phenoxy) is 2. The summed E-state index contributed by atoms with van der Waals surface area (Å²) in [5.74, 6) is 1.20. The molecule has 29 heavy (non-hydrogen) atoms. The number of aromatic nitrogens is 1. The van der Waals surface area contributed by atoms with Crippen molar-refractivity contribution in [3.05, 3.63) is 54.2 Å². The second-order valence-corrected chi connectivity index (χ2v) is 6.91. The molecule has 0 saturated carbocycles. The zero-order valence-corrected chi connectivity index (χ0v) is 16.2. The van der Waals surface area contributed by atoms with E-state index < -0.39 is 0 Å². The maximum atomic E-state index is 12.1. The van der Waals surface area contributed by atoms with E-state index in [1.54, 1.807) is 13.2 Å². The Labute approximate surface area is 168 Å². The normalized spacial score (nSPS) is 12.9. The molecule has 1 aliphatic rings. The number of aryl methyl sites for hydroxylation is 1. The van der Waals surface area contributed by atoms with Crippen molar-refractivity contribution in [3.8, 4) is 11.5 Å². The molecule has 0 atom stereocenters. The van der Waals surface area contributed by atoms with Gasteiger partial charge < -0.3 is 24.7 Å². The minimum atomic E-state index is -0.194. The Morgan fingerprint density at radius 1 is 1.21 bits per heavy atom. The van der Waals surface area contributed by atoms with Crippen LogP contribution in [0.4, 0.5) is 5.69 Å². The minimum absolute atomic E-state index is 0.00236. The van der Waals surface area contributed by atoms with Crippen molar-refractivity contribution in [3.63, 3.8) is 0 Å². The van der Waals surface area contributed by atoms with Gasteiger partial charge in [0.15, 0.2) is 6.61 Å². The first kappa shape index (κ1) is 18.9. The number of benzene rings is 2. The third-order valence-electron chi connectivity index (χ3n) is 5.02. The number of rotatable bonds is 7. The topological polar surface area (TPSA) is 81.6 Å². The van der Waals surface area contributed by atoms with E-state index in [4.69, 9.17) is 9.47 Å². The average Bonchev–Trinajstić information content (AvgIpc) is 3.15. The van der Waals surface area contributed by atoms with Crippen molar-refractivity contribution in [2.75, 3.05) is 25.6 Å². The van der Waals surface area contributed by atoms with Gasteiger partial charge in [-0.25, -0.2) is 0 Å². The highest BCUT2D eigenvalue weighted by atomic mass is 16.5. The maximum absolute atomic E-state index is 12.1. The monoisotopic (exact) mass is 393 g/mol. The number of carbonyl (C=O) groups is 2. The zero-order chi connectivity index (χ0) is 20.2. The van der Waals surface area contributed by atoms with E-state index in [1.807, 2.05) is 42.6 Å². The summed E-state index contributed by atoms with van der Waals surface area (Å²) in [7, 11) is 1.66. The highest BCUT2D eigenvalue weighted by Crippen LogP contribution is 2.27. The largest absolute Gasteiger partial charge is 0.496 e. The molecule has 0 radical (unpaired) electrons. The van der Waals surface area contributed by atoms with Crippen LogP contribution < -0.4 is 20.1 Å². The molecule has 2 aromatic carbocycles. The fourth-order valence-corrected chi connectivity index (χ4v) is 3.52. The molecule has 4 rings (SSSR count). The van der Waals surface area contributed by atoms with Gasteiger partial charge in [-0.05, 0) is 36.2 Å². The summed E-state index contributed by atoms with van der Waals surface area (Å²) in [4.78, 5) is 23.6. The summed E-state index contributed by atoms with van der Waals surface area (Å²) in [6, 6.07) is 13.4. The molecule has 0 unspecified atom stereocenters. The molecule has 3 aromatic rings. The van der Waals surface area contributed by atoms with E-state index in [0.29, 0.717) is 25.3 Å². The molecular formula is C22H23N3O4. The third-order valence-corrected chi connectivity index (χ3v) is 5.02.